The minimum atomic E-state index is -0.337. The van der Waals surface area contributed by atoms with Crippen molar-refractivity contribution in [3.63, 3.8) is 0 Å². The van der Waals surface area contributed by atoms with Gasteiger partial charge in [-0.05, 0) is 31.2 Å². The Morgan fingerprint density at radius 2 is 2.19 bits per heavy atom. The van der Waals surface area contributed by atoms with Crippen molar-refractivity contribution in [2.75, 3.05) is 17.2 Å². The molecule has 0 fully saturated rings. The number of hydrogen-bond acceptors (Lipinski definition) is 4. The van der Waals surface area contributed by atoms with Crippen LogP contribution in [0.5, 0.6) is 0 Å². The van der Waals surface area contributed by atoms with E-state index < -0.39 is 0 Å². The normalized spacial score (nSPS) is 9.76. The number of nitriles is 1. The van der Waals surface area contributed by atoms with Crippen LogP contribution in [-0.2, 0) is 0 Å². The number of amides is 1. The van der Waals surface area contributed by atoms with Gasteiger partial charge in [0.05, 0.1) is 33.6 Å². The summed E-state index contributed by atoms with van der Waals surface area (Å²) in [6, 6.07) is 8.43. The number of carbonyl (C=O) groups excluding carboxylic acids is 1. The summed E-state index contributed by atoms with van der Waals surface area (Å²) in [5.74, 6) is -0.337. The van der Waals surface area contributed by atoms with Gasteiger partial charge in [-0.3, -0.25) is 9.78 Å². The minimum Gasteiger partial charge on any atom is -0.385 e. The molecular weight excluding hydrogens is 288 g/mol. The van der Waals surface area contributed by atoms with Crippen LogP contribution < -0.4 is 10.6 Å². The third kappa shape index (κ3) is 3.50. The molecule has 0 aliphatic heterocycles. The highest BCUT2D eigenvalue weighted by molar-refractivity contribution is 6.34. The van der Waals surface area contributed by atoms with E-state index in [2.05, 4.69) is 15.6 Å². The summed E-state index contributed by atoms with van der Waals surface area (Å²) in [4.78, 5) is 16.3. The third-order valence-corrected chi connectivity index (χ3v) is 3.11. The molecule has 5 nitrogen and oxygen atoms in total. The summed E-state index contributed by atoms with van der Waals surface area (Å²) in [7, 11) is 0. The molecule has 0 radical (unpaired) electrons. The van der Waals surface area contributed by atoms with Crippen LogP contribution >= 0.6 is 11.6 Å². The first-order valence-corrected chi connectivity index (χ1v) is 6.72. The maximum atomic E-state index is 12.3. The summed E-state index contributed by atoms with van der Waals surface area (Å²) >= 11 is 6.03. The molecule has 6 heteroatoms. The maximum Gasteiger partial charge on any atom is 0.259 e. The van der Waals surface area contributed by atoms with E-state index in [1.54, 1.807) is 24.4 Å². The van der Waals surface area contributed by atoms with Gasteiger partial charge in [-0.25, -0.2) is 0 Å². The first-order chi connectivity index (χ1) is 10.2. The molecule has 1 aromatic carbocycles. The van der Waals surface area contributed by atoms with Gasteiger partial charge in [0.2, 0.25) is 0 Å². The van der Waals surface area contributed by atoms with Gasteiger partial charge in [-0.1, -0.05) is 11.6 Å². The molecule has 0 saturated carbocycles. The largest absolute Gasteiger partial charge is 0.385 e. The molecule has 1 aromatic heterocycles. The van der Waals surface area contributed by atoms with Crippen LogP contribution in [0.3, 0.4) is 0 Å². The Bertz CT molecular complexity index is 709. The molecule has 106 valence electrons. The Morgan fingerprint density at radius 1 is 1.38 bits per heavy atom. The summed E-state index contributed by atoms with van der Waals surface area (Å²) in [6.45, 7) is 2.63. The van der Waals surface area contributed by atoms with Gasteiger partial charge in [0.1, 0.15) is 0 Å². The van der Waals surface area contributed by atoms with Crippen molar-refractivity contribution in [1.82, 2.24) is 4.98 Å². The zero-order valence-corrected chi connectivity index (χ0v) is 12.1. The molecular formula is C15H13ClN4O. The van der Waals surface area contributed by atoms with Crippen LogP contribution in [0.15, 0.2) is 36.7 Å². The number of hydrogen-bond donors (Lipinski definition) is 2. The number of nitrogens with one attached hydrogen (secondary N) is 2. The van der Waals surface area contributed by atoms with Crippen LogP contribution in [0.4, 0.5) is 11.4 Å². The smallest absolute Gasteiger partial charge is 0.259 e. The topological polar surface area (TPSA) is 77.8 Å². The summed E-state index contributed by atoms with van der Waals surface area (Å²) < 4.78 is 0. The quantitative estimate of drug-likeness (QED) is 0.908. The number of pyridine rings is 1. The second-order valence-corrected chi connectivity index (χ2v) is 4.62. The van der Waals surface area contributed by atoms with E-state index in [-0.39, 0.29) is 5.91 Å². The van der Waals surface area contributed by atoms with Crippen molar-refractivity contribution >= 4 is 28.9 Å². The number of aromatic nitrogens is 1. The molecule has 2 rings (SSSR count). The highest BCUT2D eigenvalue weighted by Gasteiger charge is 2.13. The van der Waals surface area contributed by atoms with Crippen molar-refractivity contribution in [2.45, 2.75) is 6.92 Å². The predicted molar refractivity (Wildman–Crippen MR) is 82.5 cm³/mol. The van der Waals surface area contributed by atoms with E-state index in [9.17, 15) is 4.79 Å². The molecule has 1 heterocycles. The van der Waals surface area contributed by atoms with Crippen LogP contribution in [0.25, 0.3) is 0 Å². The number of nitrogens with zero attached hydrogens (tertiary/aromatic N) is 2. The molecule has 0 atom stereocenters. The average Bonchev–Trinajstić information content (AvgIpc) is 2.50. The van der Waals surface area contributed by atoms with Gasteiger partial charge in [-0.2, -0.15) is 5.26 Å². The lowest BCUT2D eigenvalue weighted by molar-refractivity contribution is 0.102. The zero-order chi connectivity index (χ0) is 15.2. The predicted octanol–water partition coefficient (Wildman–Crippen LogP) is 3.29. The lowest BCUT2D eigenvalue weighted by Gasteiger charge is -2.11. The first-order valence-electron chi connectivity index (χ1n) is 6.34. The van der Waals surface area contributed by atoms with Crippen LogP contribution in [0.2, 0.25) is 5.02 Å². The van der Waals surface area contributed by atoms with E-state index in [1.807, 2.05) is 13.0 Å². The Kier molecular flexibility index (Phi) is 4.75. The Morgan fingerprint density at radius 3 is 2.90 bits per heavy atom. The van der Waals surface area contributed by atoms with E-state index in [1.165, 1.54) is 12.3 Å². The first kappa shape index (κ1) is 14.8. The molecule has 2 aromatic rings. The number of halogens is 1. The molecule has 0 spiro atoms. The zero-order valence-electron chi connectivity index (χ0n) is 11.4. The summed E-state index contributed by atoms with van der Waals surface area (Å²) in [5, 5.41) is 15.1. The van der Waals surface area contributed by atoms with Gasteiger partial charge in [-0.15, -0.1) is 0 Å². The fourth-order valence-electron chi connectivity index (χ4n) is 1.80. The lowest BCUT2D eigenvalue weighted by atomic mass is 10.2. The van der Waals surface area contributed by atoms with Gasteiger partial charge < -0.3 is 10.6 Å². The number of rotatable bonds is 4. The van der Waals surface area contributed by atoms with E-state index in [4.69, 9.17) is 16.9 Å². The van der Waals surface area contributed by atoms with Crippen LogP contribution in [0.1, 0.15) is 22.8 Å². The van der Waals surface area contributed by atoms with Crippen molar-refractivity contribution in [2.24, 2.45) is 0 Å². The molecule has 1 amide bonds. The SMILES string of the molecule is CCNc1ccncc1C(=O)Nc1cc(C#N)ccc1Cl. The van der Waals surface area contributed by atoms with E-state index >= 15 is 0 Å². The lowest BCUT2D eigenvalue weighted by Crippen LogP contribution is -2.15. The molecule has 0 aliphatic carbocycles. The average molecular weight is 301 g/mol. The summed E-state index contributed by atoms with van der Waals surface area (Å²) in [6.07, 6.45) is 3.09. The van der Waals surface area contributed by atoms with Crippen molar-refractivity contribution in [3.05, 3.63) is 52.8 Å². The Hall–Kier alpha value is -2.58. The van der Waals surface area contributed by atoms with Gasteiger partial charge in [0.25, 0.3) is 5.91 Å². The molecule has 21 heavy (non-hydrogen) atoms. The molecule has 0 bridgehead atoms. The number of anilines is 2. The second kappa shape index (κ2) is 6.73. The highest BCUT2D eigenvalue weighted by Crippen LogP contribution is 2.24. The second-order valence-electron chi connectivity index (χ2n) is 4.21. The van der Waals surface area contributed by atoms with Gasteiger partial charge in [0, 0.05) is 18.9 Å². The molecule has 0 aliphatic rings. The van der Waals surface area contributed by atoms with E-state index in [0.717, 1.165) is 0 Å². The summed E-state index contributed by atoms with van der Waals surface area (Å²) in [5.41, 5.74) is 1.93. The Labute approximate surface area is 127 Å². The maximum absolute atomic E-state index is 12.3. The third-order valence-electron chi connectivity index (χ3n) is 2.78. The van der Waals surface area contributed by atoms with Crippen molar-refractivity contribution in [1.29, 1.82) is 5.26 Å². The van der Waals surface area contributed by atoms with Crippen LogP contribution in [0, 0.1) is 11.3 Å². The monoisotopic (exact) mass is 300 g/mol. The fraction of sp³-hybridized carbons (Fsp3) is 0.133. The molecule has 2 N–H and O–H groups in total. The number of benzene rings is 1. The number of carbonyl (C=O) groups is 1. The fourth-order valence-corrected chi connectivity index (χ4v) is 1.97. The van der Waals surface area contributed by atoms with Crippen LogP contribution in [-0.4, -0.2) is 17.4 Å². The highest BCUT2D eigenvalue weighted by atomic mass is 35.5. The standard InChI is InChI=1S/C15H13ClN4O/c1-2-19-13-5-6-18-9-11(13)15(21)20-14-7-10(8-17)3-4-12(14)16/h3-7,9H,2H2,1H3,(H,18,19)(H,20,21). The van der Waals surface area contributed by atoms with Crippen molar-refractivity contribution in [3.8, 4) is 6.07 Å². The van der Waals surface area contributed by atoms with Gasteiger partial charge >= 0.3 is 0 Å². The van der Waals surface area contributed by atoms with Crippen molar-refractivity contribution < 1.29 is 4.79 Å². The van der Waals surface area contributed by atoms with Gasteiger partial charge in [0.15, 0.2) is 0 Å². The molecule has 0 unspecified atom stereocenters. The van der Waals surface area contributed by atoms with E-state index in [0.29, 0.717) is 34.1 Å². The minimum absolute atomic E-state index is 0.337. The molecule has 0 saturated heterocycles. The Balaban J connectivity index is 2.28.